The Balaban J connectivity index is 2.67. The SMILES string of the molecule is COC(CNC(=O)c1cccc(NC(C)=O)c1)C(=O)O. The van der Waals surface area contributed by atoms with E-state index in [9.17, 15) is 14.4 Å². The van der Waals surface area contributed by atoms with E-state index < -0.39 is 18.0 Å². The first-order valence-corrected chi connectivity index (χ1v) is 5.85. The van der Waals surface area contributed by atoms with Gasteiger partial charge in [0.2, 0.25) is 5.91 Å². The van der Waals surface area contributed by atoms with Crippen LogP contribution in [-0.4, -0.2) is 42.6 Å². The number of ether oxygens (including phenoxy) is 1. The van der Waals surface area contributed by atoms with Crippen molar-refractivity contribution in [1.82, 2.24) is 5.32 Å². The van der Waals surface area contributed by atoms with Crippen LogP contribution in [0.25, 0.3) is 0 Å². The molecule has 1 aromatic carbocycles. The summed E-state index contributed by atoms with van der Waals surface area (Å²) in [7, 11) is 1.25. The number of hydrogen-bond donors (Lipinski definition) is 3. The summed E-state index contributed by atoms with van der Waals surface area (Å²) in [6.07, 6.45) is -1.10. The number of benzene rings is 1. The van der Waals surface area contributed by atoms with E-state index >= 15 is 0 Å². The lowest BCUT2D eigenvalue weighted by Crippen LogP contribution is -2.37. The molecule has 0 heterocycles. The van der Waals surface area contributed by atoms with Crippen LogP contribution < -0.4 is 10.6 Å². The topological polar surface area (TPSA) is 105 Å². The number of aliphatic carboxylic acids is 1. The zero-order chi connectivity index (χ0) is 15.1. The van der Waals surface area contributed by atoms with Crippen molar-refractivity contribution in [1.29, 1.82) is 0 Å². The number of carboxylic acids is 1. The lowest BCUT2D eigenvalue weighted by molar-refractivity contribution is -0.148. The smallest absolute Gasteiger partial charge is 0.334 e. The molecule has 20 heavy (non-hydrogen) atoms. The summed E-state index contributed by atoms with van der Waals surface area (Å²) in [6.45, 7) is 1.22. The molecule has 0 saturated carbocycles. The molecular weight excluding hydrogens is 264 g/mol. The minimum Gasteiger partial charge on any atom is -0.479 e. The number of nitrogens with one attached hydrogen (secondary N) is 2. The summed E-state index contributed by atoms with van der Waals surface area (Å²) < 4.78 is 4.70. The Kier molecular flexibility index (Phi) is 5.67. The summed E-state index contributed by atoms with van der Waals surface area (Å²) in [5, 5.41) is 13.8. The van der Waals surface area contributed by atoms with Gasteiger partial charge in [-0.15, -0.1) is 0 Å². The van der Waals surface area contributed by atoms with Crippen LogP contribution in [0.3, 0.4) is 0 Å². The summed E-state index contributed by atoms with van der Waals surface area (Å²) in [5.74, 6) is -1.84. The van der Waals surface area contributed by atoms with Crippen LogP contribution in [0.4, 0.5) is 5.69 Å². The van der Waals surface area contributed by atoms with Gasteiger partial charge in [-0.3, -0.25) is 9.59 Å². The summed E-state index contributed by atoms with van der Waals surface area (Å²) >= 11 is 0. The minimum absolute atomic E-state index is 0.144. The van der Waals surface area contributed by atoms with Gasteiger partial charge in [0.05, 0.1) is 6.54 Å². The zero-order valence-electron chi connectivity index (χ0n) is 11.2. The number of amides is 2. The average molecular weight is 280 g/mol. The molecule has 1 atom stereocenters. The van der Waals surface area contributed by atoms with Gasteiger partial charge in [-0.2, -0.15) is 0 Å². The second-order valence-electron chi connectivity index (χ2n) is 4.03. The Morgan fingerprint density at radius 1 is 1.35 bits per heavy atom. The maximum absolute atomic E-state index is 11.9. The highest BCUT2D eigenvalue weighted by atomic mass is 16.5. The van der Waals surface area contributed by atoms with Crippen molar-refractivity contribution in [3.63, 3.8) is 0 Å². The lowest BCUT2D eigenvalue weighted by Gasteiger charge is -2.12. The van der Waals surface area contributed by atoms with E-state index in [1.807, 2.05) is 0 Å². The number of rotatable bonds is 6. The zero-order valence-corrected chi connectivity index (χ0v) is 11.2. The molecule has 3 N–H and O–H groups in total. The molecular formula is C13H16N2O5. The van der Waals surface area contributed by atoms with Crippen molar-refractivity contribution >= 4 is 23.5 Å². The summed E-state index contributed by atoms with van der Waals surface area (Å²) in [4.78, 5) is 33.5. The lowest BCUT2D eigenvalue weighted by atomic mass is 10.2. The third kappa shape index (κ3) is 4.69. The molecule has 0 saturated heterocycles. The fourth-order valence-electron chi connectivity index (χ4n) is 1.50. The van der Waals surface area contributed by atoms with Crippen molar-refractivity contribution < 1.29 is 24.2 Å². The van der Waals surface area contributed by atoms with Crippen LogP contribution in [0.2, 0.25) is 0 Å². The first-order valence-electron chi connectivity index (χ1n) is 5.85. The largest absolute Gasteiger partial charge is 0.479 e. The van der Waals surface area contributed by atoms with E-state index in [2.05, 4.69) is 10.6 Å². The molecule has 2 amide bonds. The van der Waals surface area contributed by atoms with Gasteiger partial charge in [-0.25, -0.2) is 4.79 Å². The predicted octanol–water partition coefficient (Wildman–Crippen LogP) is 0.474. The van der Waals surface area contributed by atoms with Crippen molar-refractivity contribution in [2.24, 2.45) is 0 Å². The van der Waals surface area contributed by atoms with Gasteiger partial charge >= 0.3 is 5.97 Å². The van der Waals surface area contributed by atoms with Crippen LogP contribution in [0.1, 0.15) is 17.3 Å². The molecule has 108 valence electrons. The predicted molar refractivity (Wildman–Crippen MR) is 71.5 cm³/mol. The Hall–Kier alpha value is -2.41. The second kappa shape index (κ2) is 7.25. The van der Waals surface area contributed by atoms with Crippen LogP contribution in [0.5, 0.6) is 0 Å². The van der Waals surface area contributed by atoms with Crippen molar-refractivity contribution in [2.75, 3.05) is 19.0 Å². The number of carboxylic acid groups (broad SMARTS) is 1. The molecule has 0 aromatic heterocycles. The van der Waals surface area contributed by atoms with E-state index in [0.717, 1.165) is 0 Å². The maximum Gasteiger partial charge on any atom is 0.334 e. The van der Waals surface area contributed by atoms with Crippen molar-refractivity contribution in [3.05, 3.63) is 29.8 Å². The van der Waals surface area contributed by atoms with Gasteiger partial charge in [0, 0.05) is 25.3 Å². The maximum atomic E-state index is 11.9. The van der Waals surface area contributed by atoms with Crippen LogP contribution in [0, 0.1) is 0 Å². The highest BCUT2D eigenvalue weighted by Crippen LogP contribution is 2.10. The quantitative estimate of drug-likeness (QED) is 0.702. The van der Waals surface area contributed by atoms with E-state index in [1.165, 1.54) is 20.1 Å². The molecule has 0 aliphatic rings. The molecule has 1 rings (SSSR count). The molecule has 0 spiro atoms. The minimum atomic E-state index is -1.15. The average Bonchev–Trinajstić information content (AvgIpc) is 2.38. The fraction of sp³-hybridized carbons (Fsp3) is 0.308. The molecule has 0 radical (unpaired) electrons. The Bertz CT molecular complexity index is 515. The van der Waals surface area contributed by atoms with E-state index in [0.29, 0.717) is 11.3 Å². The number of anilines is 1. The fourth-order valence-corrected chi connectivity index (χ4v) is 1.50. The molecule has 7 nitrogen and oxygen atoms in total. The van der Waals surface area contributed by atoms with E-state index in [-0.39, 0.29) is 12.5 Å². The summed E-state index contributed by atoms with van der Waals surface area (Å²) in [6, 6.07) is 6.32. The highest BCUT2D eigenvalue weighted by molar-refractivity contribution is 5.97. The Labute approximate surface area is 115 Å². The Morgan fingerprint density at radius 2 is 2.05 bits per heavy atom. The van der Waals surface area contributed by atoms with Crippen LogP contribution >= 0.6 is 0 Å². The molecule has 0 aliphatic heterocycles. The second-order valence-corrected chi connectivity index (χ2v) is 4.03. The standard InChI is InChI=1S/C13H16N2O5/c1-8(16)15-10-5-3-4-9(6-10)12(17)14-7-11(20-2)13(18)19/h3-6,11H,7H2,1-2H3,(H,14,17)(H,15,16)(H,18,19). The normalized spacial score (nSPS) is 11.5. The number of hydrogen-bond acceptors (Lipinski definition) is 4. The van der Waals surface area contributed by atoms with Gasteiger partial charge in [-0.05, 0) is 18.2 Å². The molecule has 0 aliphatic carbocycles. The van der Waals surface area contributed by atoms with Gasteiger partial charge in [0.25, 0.3) is 5.91 Å². The van der Waals surface area contributed by atoms with Gasteiger partial charge in [0.15, 0.2) is 6.10 Å². The van der Waals surface area contributed by atoms with Crippen LogP contribution in [0.15, 0.2) is 24.3 Å². The van der Waals surface area contributed by atoms with E-state index in [4.69, 9.17) is 9.84 Å². The van der Waals surface area contributed by atoms with Gasteiger partial charge < -0.3 is 20.5 Å². The first-order chi connectivity index (χ1) is 9.43. The van der Waals surface area contributed by atoms with Crippen molar-refractivity contribution in [2.45, 2.75) is 13.0 Å². The third-order valence-electron chi connectivity index (χ3n) is 2.45. The monoisotopic (exact) mass is 280 g/mol. The first kappa shape index (κ1) is 15.6. The molecule has 1 unspecified atom stereocenters. The third-order valence-corrected chi connectivity index (χ3v) is 2.45. The van der Waals surface area contributed by atoms with Gasteiger partial charge in [0.1, 0.15) is 0 Å². The highest BCUT2D eigenvalue weighted by Gasteiger charge is 2.17. The molecule has 7 heteroatoms. The molecule has 0 bridgehead atoms. The molecule has 0 fully saturated rings. The number of carbonyl (C=O) groups is 3. The molecule has 1 aromatic rings. The van der Waals surface area contributed by atoms with Crippen LogP contribution in [-0.2, 0) is 14.3 Å². The van der Waals surface area contributed by atoms with Crippen molar-refractivity contribution in [3.8, 4) is 0 Å². The number of carbonyl (C=O) groups excluding carboxylic acids is 2. The summed E-state index contributed by atoms with van der Waals surface area (Å²) in [5.41, 5.74) is 0.808. The van der Waals surface area contributed by atoms with E-state index in [1.54, 1.807) is 18.2 Å². The Morgan fingerprint density at radius 3 is 2.60 bits per heavy atom. The number of methoxy groups -OCH3 is 1. The van der Waals surface area contributed by atoms with Gasteiger partial charge in [-0.1, -0.05) is 6.07 Å².